The van der Waals surface area contributed by atoms with Gasteiger partial charge in [-0.1, -0.05) is 45.0 Å². The van der Waals surface area contributed by atoms with E-state index in [1.54, 1.807) is 58.0 Å². The Bertz CT molecular complexity index is 1450. The van der Waals surface area contributed by atoms with Gasteiger partial charge in [-0.3, -0.25) is 24.7 Å². The van der Waals surface area contributed by atoms with Crippen molar-refractivity contribution in [3.63, 3.8) is 0 Å². The van der Waals surface area contributed by atoms with Gasteiger partial charge in [0.05, 0.1) is 18.0 Å². The molecule has 0 saturated carbocycles. The average Bonchev–Trinajstić information content (AvgIpc) is 3.43. The van der Waals surface area contributed by atoms with Crippen LogP contribution in [0.5, 0.6) is 0 Å². The number of anilines is 1. The number of furan rings is 1. The zero-order chi connectivity index (χ0) is 27.1. The van der Waals surface area contributed by atoms with Crippen LogP contribution in [0.15, 0.2) is 41.0 Å². The molecule has 4 rings (SSSR count). The highest BCUT2D eigenvalue weighted by Crippen LogP contribution is 2.40. The van der Waals surface area contributed by atoms with Crippen LogP contribution in [-0.4, -0.2) is 38.2 Å². The second kappa shape index (κ2) is 9.39. The largest absolute Gasteiger partial charge is 0.469 e. The smallest absolute Gasteiger partial charge is 0.283 e. The number of aromatic nitrogens is 2. The van der Waals surface area contributed by atoms with Gasteiger partial charge in [-0.2, -0.15) is 15.0 Å². The Morgan fingerprint density at radius 1 is 1.27 bits per heavy atom. The number of aryl methyl sites for hydroxylation is 1. The molecule has 1 aliphatic rings. The fraction of sp³-hybridized carbons (Fsp3) is 0.308. The number of benzene rings is 1. The molecule has 1 atom stereocenters. The standard InChI is InChI=1S/C26H27N7O4/c1-14-9-17(13-37-14)24(35)33-23(30-12-15-5-7-16(8-6-15)22(28)29)18(11-27)21(31-33)19-10-20(34)32(19)25(36)26(2,3)4/h5-9,13,19,30H,10,12H2,1-4H3,(H3,28,29). The molecule has 3 aromatic rings. The van der Waals surface area contributed by atoms with Gasteiger partial charge in [0.1, 0.15) is 35.2 Å². The number of amidine groups is 1. The lowest BCUT2D eigenvalue weighted by molar-refractivity contribution is -0.163. The van der Waals surface area contributed by atoms with Crippen LogP contribution in [0.3, 0.4) is 0 Å². The van der Waals surface area contributed by atoms with Crippen LogP contribution in [0.2, 0.25) is 0 Å². The Labute approximate surface area is 213 Å². The second-order valence-electron chi connectivity index (χ2n) is 9.89. The monoisotopic (exact) mass is 501 g/mol. The van der Waals surface area contributed by atoms with Gasteiger partial charge in [-0.15, -0.1) is 0 Å². The number of likely N-dealkylation sites (tertiary alicyclic amines) is 1. The topological polar surface area (TPSA) is 171 Å². The number of nitrogens with one attached hydrogen (secondary N) is 2. The third-order valence-electron chi connectivity index (χ3n) is 6.04. The van der Waals surface area contributed by atoms with Crippen molar-refractivity contribution >= 4 is 29.4 Å². The highest BCUT2D eigenvalue weighted by molar-refractivity contribution is 6.03. The van der Waals surface area contributed by atoms with Crippen LogP contribution in [0.4, 0.5) is 5.82 Å². The van der Waals surface area contributed by atoms with Crippen LogP contribution >= 0.6 is 0 Å². The molecule has 3 heterocycles. The molecular formula is C26H27N7O4. The quantitative estimate of drug-likeness (QED) is 0.263. The molecule has 0 bridgehead atoms. The molecular weight excluding hydrogens is 474 g/mol. The number of nitrogens with zero attached hydrogens (tertiary/aromatic N) is 4. The van der Waals surface area contributed by atoms with Crippen molar-refractivity contribution in [1.82, 2.24) is 14.7 Å². The number of β-lactam (4-membered cyclic amide) rings is 1. The summed E-state index contributed by atoms with van der Waals surface area (Å²) < 4.78 is 6.35. The number of carbonyl (C=O) groups is 3. The van der Waals surface area contributed by atoms with E-state index in [-0.39, 0.29) is 53.3 Å². The third kappa shape index (κ3) is 4.73. The van der Waals surface area contributed by atoms with E-state index in [1.165, 1.54) is 6.26 Å². The maximum atomic E-state index is 13.4. The number of rotatable bonds is 6. The van der Waals surface area contributed by atoms with Crippen LogP contribution in [0.25, 0.3) is 0 Å². The molecule has 0 spiro atoms. The lowest BCUT2D eigenvalue weighted by atomic mass is 9.88. The Kier molecular flexibility index (Phi) is 6.44. The summed E-state index contributed by atoms with van der Waals surface area (Å²) in [7, 11) is 0. The Morgan fingerprint density at radius 2 is 1.95 bits per heavy atom. The van der Waals surface area contributed by atoms with Crippen molar-refractivity contribution in [2.24, 2.45) is 11.1 Å². The van der Waals surface area contributed by atoms with E-state index in [1.807, 2.05) is 0 Å². The van der Waals surface area contributed by atoms with Crippen molar-refractivity contribution in [3.8, 4) is 6.07 Å². The Hall–Kier alpha value is -4.72. The van der Waals surface area contributed by atoms with E-state index in [0.717, 1.165) is 15.1 Å². The van der Waals surface area contributed by atoms with E-state index in [4.69, 9.17) is 15.6 Å². The van der Waals surface area contributed by atoms with Gasteiger partial charge >= 0.3 is 0 Å². The lowest BCUT2D eigenvalue weighted by Gasteiger charge is -2.41. The third-order valence-corrected chi connectivity index (χ3v) is 6.04. The second-order valence-corrected chi connectivity index (χ2v) is 9.89. The summed E-state index contributed by atoms with van der Waals surface area (Å²) in [6, 6.07) is 9.84. The normalized spacial score (nSPS) is 15.2. The van der Waals surface area contributed by atoms with E-state index in [9.17, 15) is 19.6 Å². The van der Waals surface area contributed by atoms with Crippen LogP contribution in [0.1, 0.15) is 71.7 Å². The predicted octanol–water partition coefficient (Wildman–Crippen LogP) is 3.09. The molecule has 1 fully saturated rings. The summed E-state index contributed by atoms with van der Waals surface area (Å²) in [4.78, 5) is 39.8. The molecule has 2 aromatic heterocycles. The molecule has 11 heteroatoms. The van der Waals surface area contributed by atoms with Crippen molar-refractivity contribution in [1.29, 1.82) is 10.7 Å². The summed E-state index contributed by atoms with van der Waals surface area (Å²) >= 11 is 0. The van der Waals surface area contributed by atoms with E-state index >= 15 is 0 Å². The number of imide groups is 1. The molecule has 2 amide bonds. The van der Waals surface area contributed by atoms with Gasteiger partial charge in [0.2, 0.25) is 11.8 Å². The highest BCUT2D eigenvalue weighted by atomic mass is 16.3. The van der Waals surface area contributed by atoms with Crippen LogP contribution in [-0.2, 0) is 16.1 Å². The van der Waals surface area contributed by atoms with Crippen molar-refractivity contribution in [3.05, 3.63) is 70.3 Å². The summed E-state index contributed by atoms with van der Waals surface area (Å²) in [5, 5.41) is 25.2. The van der Waals surface area contributed by atoms with Gasteiger partial charge in [-0.05, 0) is 18.6 Å². The minimum atomic E-state index is -0.818. The number of carbonyl (C=O) groups excluding carboxylic acids is 3. The van der Waals surface area contributed by atoms with Crippen molar-refractivity contribution in [2.75, 3.05) is 5.32 Å². The number of amides is 2. The number of hydrogen-bond donors (Lipinski definition) is 3. The van der Waals surface area contributed by atoms with Crippen molar-refractivity contribution in [2.45, 2.75) is 46.7 Å². The Balaban J connectivity index is 1.74. The van der Waals surface area contributed by atoms with E-state index < -0.39 is 17.4 Å². The zero-order valence-electron chi connectivity index (χ0n) is 21.0. The van der Waals surface area contributed by atoms with Crippen LogP contribution < -0.4 is 11.1 Å². The number of nitrogen functional groups attached to an aromatic ring is 1. The maximum absolute atomic E-state index is 13.4. The van der Waals surface area contributed by atoms with E-state index in [0.29, 0.717) is 11.3 Å². The van der Waals surface area contributed by atoms with Crippen LogP contribution in [0, 0.1) is 29.1 Å². The zero-order valence-corrected chi connectivity index (χ0v) is 21.0. The molecule has 4 N–H and O–H groups in total. The minimum Gasteiger partial charge on any atom is -0.469 e. The highest BCUT2D eigenvalue weighted by Gasteiger charge is 2.48. The minimum absolute atomic E-state index is 0.00152. The first-order valence-corrected chi connectivity index (χ1v) is 11.6. The summed E-state index contributed by atoms with van der Waals surface area (Å²) in [5.74, 6) is -0.667. The van der Waals surface area contributed by atoms with Crippen molar-refractivity contribution < 1.29 is 18.8 Å². The van der Waals surface area contributed by atoms with Gasteiger partial charge in [0.25, 0.3) is 5.91 Å². The fourth-order valence-electron chi connectivity index (χ4n) is 4.01. The molecule has 0 aliphatic carbocycles. The average molecular weight is 502 g/mol. The molecule has 0 radical (unpaired) electrons. The summed E-state index contributed by atoms with van der Waals surface area (Å²) in [5.41, 5.74) is 6.54. The molecule has 1 unspecified atom stereocenters. The molecule has 1 aromatic carbocycles. The molecule has 1 saturated heterocycles. The summed E-state index contributed by atoms with van der Waals surface area (Å²) in [6.45, 7) is 7.04. The maximum Gasteiger partial charge on any atom is 0.283 e. The molecule has 11 nitrogen and oxygen atoms in total. The van der Waals surface area contributed by atoms with Gasteiger partial charge < -0.3 is 15.5 Å². The first kappa shape index (κ1) is 25.4. The molecule has 37 heavy (non-hydrogen) atoms. The number of nitriles is 1. The van der Waals surface area contributed by atoms with Gasteiger partial charge in [0.15, 0.2) is 5.82 Å². The number of nitrogens with two attached hydrogens (primary N) is 1. The molecule has 1 aliphatic heterocycles. The SMILES string of the molecule is Cc1cc(C(=O)n2nc(C3CC(=O)N3C(=O)C(C)(C)C)c(C#N)c2NCc2ccc(C(=N)N)cc2)co1. The lowest BCUT2D eigenvalue weighted by Crippen LogP contribution is -2.54. The predicted molar refractivity (Wildman–Crippen MR) is 134 cm³/mol. The van der Waals surface area contributed by atoms with E-state index in [2.05, 4.69) is 16.5 Å². The van der Waals surface area contributed by atoms with Gasteiger partial charge in [-0.25, -0.2) is 0 Å². The molecule has 190 valence electrons. The summed E-state index contributed by atoms with van der Waals surface area (Å²) in [6.07, 6.45) is 1.30. The van der Waals surface area contributed by atoms with Gasteiger partial charge in [0, 0.05) is 17.5 Å². The fourth-order valence-corrected chi connectivity index (χ4v) is 4.01. The first-order chi connectivity index (χ1) is 17.4. The number of hydrogen-bond acceptors (Lipinski definition) is 8. The Morgan fingerprint density at radius 3 is 2.46 bits per heavy atom. The first-order valence-electron chi connectivity index (χ1n) is 11.6.